The number of halogens is 2. The van der Waals surface area contributed by atoms with Crippen LogP contribution in [0.3, 0.4) is 0 Å². The van der Waals surface area contributed by atoms with E-state index in [4.69, 9.17) is 0 Å². The monoisotopic (exact) mass is 198 g/mol. The molecule has 1 rings (SSSR count). The van der Waals surface area contributed by atoms with Gasteiger partial charge in [0.1, 0.15) is 0 Å². The zero-order chi connectivity index (χ0) is 4.41. The van der Waals surface area contributed by atoms with Crippen LogP contribution in [0.2, 0.25) is 0 Å². The molecule has 1 aromatic heterocycles. The Bertz CT molecular complexity index is 118. The molecule has 0 saturated heterocycles. The van der Waals surface area contributed by atoms with Gasteiger partial charge in [-0.05, 0) is 0 Å². The normalized spacial score (nSPS) is 6.62. The van der Waals surface area contributed by atoms with Crippen molar-refractivity contribution in [2.45, 2.75) is 0 Å². The fourth-order valence-corrected chi connectivity index (χ4v) is 0.326. The predicted molar refractivity (Wildman–Crippen MR) is 40.8 cm³/mol. The molecule has 0 spiro atoms. The summed E-state index contributed by atoms with van der Waals surface area (Å²) in [5, 5.41) is 0. The van der Waals surface area contributed by atoms with E-state index in [1.54, 1.807) is 12.5 Å². The first-order valence-electron chi connectivity index (χ1n) is 1.81. The Labute approximate surface area is 65.1 Å². The lowest BCUT2D eigenvalue weighted by Crippen LogP contribution is -1.76. The van der Waals surface area contributed by atoms with E-state index < -0.39 is 0 Å². The van der Waals surface area contributed by atoms with Crippen molar-refractivity contribution in [1.82, 2.24) is 9.55 Å². The fourth-order valence-electron chi connectivity index (χ4n) is 0.326. The van der Waals surface area contributed by atoms with E-state index in [0.717, 1.165) is 0 Å². The third kappa shape index (κ3) is 3.04. The number of aryl methyl sites for hydroxylation is 1. The van der Waals surface area contributed by atoms with E-state index in [9.17, 15) is 0 Å². The Morgan fingerprint density at radius 3 is 2.25 bits per heavy atom. The molecule has 0 unspecified atom stereocenters. The molecule has 0 aliphatic heterocycles. The second-order valence-electron chi connectivity index (χ2n) is 1.23. The van der Waals surface area contributed by atoms with Crippen LogP contribution in [0, 0.1) is 0 Å². The van der Waals surface area contributed by atoms with Crippen molar-refractivity contribution in [3.8, 4) is 0 Å². The van der Waals surface area contributed by atoms with Gasteiger partial charge >= 0.3 is 0 Å². The molecule has 0 aliphatic rings. The van der Waals surface area contributed by atoms with Crippen molar-refractivity contribution in [3.05, 3.63) is 18.7 Å². The van der Waals surface area contributed by atoms with Gasteiger partial charge < -0.3 is 4.57 Å². The molecule has 0 N–H and O–H groups in total. The average Bonchev–Trinajstić information content (AvgIpc) is 1.86. The summed E-state index contributed by atoms with van der Waals surface area (Å²) in [5.74, 6) is 0. The molecule has 0 radical (unpaired) electrons. The van der Waals surface area contributed by atoms with Crippen LogP contribution in [0.4, 0.5) is 0 Å². The van der Waals surface area contributed by atoms with Crippen LogP contribution in [0.15, 0.2) is 18.7 Å². The summed E-state index contributed by atoms with van der Waals surface area (Å²) in [6.07, 6.45) is 5.39. The largest absolute Gasteiger partial charge is 0.341 e. The lowest BCUT2D eigenvalue weighted by molar-refractivity contribution is 0.913. The van der Waals surface area contributed by atoms with Crippen LogP contribution in [-0.2, 0) is 7.05 Å². The zero-order valence-corrected chi connectivity index (χ0v) is 6.97. The summed E-state index contributed by atoms with van der Waals surface area (Å²) in [4.78, 5) is 3.78. The Morgan fingerprint density at radius 2 is 2.12 bits per heavy atom. The van der Waals surface area contributed by atoms with Gasteiger partial charge in [-0.3, -0.25) is 0 Å². The van der Waals surface area contributed by atoms with Gasteiger partial charge in [-0.25, -0.2) is 4.98 Å². The average molecular weight is 199 g/mol. The summed E-state index contributed by atoms with van der Waals surface area (Å²) in [6, 6.07) is 0. The van der Waals surface area contributed by atoms with Gasteiger partial charge in [-0.1, -0.05) is 0 Å². The van der Waals surface area contributed by atoms with Gasteiger partial charge in [0.2, 0.25) is 0 Å². The second kappa shape index (κ2) is 5.12. The van der Waals surface area contributed by atoms with Crippen molar-refractivity contribution < 1.29 is 0 Å². The highest BCUT2D eigenvalue weighted by atomic mass is 79.9. The predicted octanol–water partition coefficient (Wildman–Crippen LogP) is 1.42. The molecule has 0 fully saturated rings. The van der Waals surface area contributed by atoms with E-state index in [0.29, 0.717) is 0 Å². The lowest BCUT2D eigenvalue weighted by Gasteiger charge is -1.76. The third-order valence-electron chi connectivity index (χ3n) is 0.637. The Hall–Kier alpha value is -0.0200. The van der Waals surface area contributed by atoms with Crippen molar-refractivity contribution in [2.75, 3.05) is 0 Å². The second-order valence-corrected chi connectivity index (χ2v) is 1.23. The number of hydrogen-bond acceptors (Lipinski definition) is 1. The van der Waals surface area contributed by atoms with Crippen LogP contribution in [0.25, 0.3) is 0 Å². The molecule has 2 nitrogen and oxygen atoms in total. The first-order chi connectivity index (χ1) is 2.89. The van der Waals surface area contributed by atoms with Crippen molar-refractivity contribution >= 4 is 29.4 Å². The Kier molecular flexibility index (Phi) is 6.96. The SMILES string of the molecule is Br.Cl.Cn1ccnc1. The molecular formula is C4H8BrClN2. The first-order valence-corrected chi connectivity index (χ1v) is 1.81. The molecule has 0 aromatic carbocycles. The Balaban J connectivity index is 0. The summed E-state index contributed by atoms with van der Waals surface area (Å²) in [6.45, 7) is 0. The molecule has 1 heterocycles. The molecular weight excluding hydrogens is 191 g/mol. The van der Waals surface area contributed by atoms with Gasteiger partial charge in [0.05, 0.1) is 6.33 Å². The van der Waals surface area contributed by atoms with Gasteiger partial charge in [0.25, 0.3) is 0 Å². The van der Waals surface area contributed by atoms with Crippen LogP contribution < -0.4 is 0 Å². The molecule has 1 aromatic rings. The molecule has 0 bridgehead atoms. The molecule has 0 amide bonds. The van der Waals surface area contributed by atoms with Crippen LogP contribution in [-0.4, -0.2) is 9.55 Å². The molecule has 4 heteroatoms. The van der Waals surface area contributed by atoms with Gasteiger partial charge in [0.15, 0.2) is 0 Å². The topological polar surface area (TPSA) is 17.8 Å². The fraction of sp³-hybridized carbons (Fsp3) is 0.250. The minimum Gasteiger partial charge on any atom is -0.341 e. The Morgan fingerprint density at radius 1 is 1.50 bits per heavy atom. The highest BCUT2D eigenvalue weighted by Crippen LogP contribution is 1.73. The highest BCUT2D eigenvalue weighted by Gasteiger charge is 1.69. The van der Waals surface area contributed by atoms with Gasteiger partial charge in [-0.2, -0.15) is 0 Å². The van der Waals surface area contributed by atoms with E-state index in [1.807, 2.05) is 17.8 Å². The van der Waals surface area contributed by atoms with Gasteiger partial charge in [0, 0.05) is 19.4 Å². The molecule has 0 aliphatic carbocycles. The van der Waals surface area contributed by atoms with E-state index in [2.05, 4.69) is 4.98 Å². The highest BCUT2D eigenvalue weighted by molar-refractivity contribution is 8.93. The van der Waals surface area contributed by atoms with Crippen LogP contribution in [0.5, 0.6) is 0 Å². The quantitative estimate of drug-likeness (QED) is 0.618. The zero-order valence-electron chi connectivity index (χ0n) is 4.44. The van der Waals surface area contributed by atoms with E-state index >= 15 is 0 Å². The molecule has 0 atom stereocenters. The lowest BCUT2D eigenvalue weighted by atomic mass is 10.9. The number of nitrogens with zero attached hydrogens (tertiary/aromatic N) is 2. The van der Waals surface area contributed by atoms with E-state index in [-0.39, 0.29) is 29.4 Å². The van der Waals surface area contributed by atoms with Gasteiger partial charge in [-0.15, -0.1) is 29.4 Å². The molecule has 0 saturated carbocycles. The maximum atomic E-state index is 3.78. The minimum absolute atomic E-state index is 0. The van der Waals surface area contributed by atoms with E-state index in [1.165, 1.54) is 0 Å². The third-order valence-corrected chi connectivity index (χ3v) is 0.637. The molecule has 48 valence electrons. The minimum atomic E-state index is 0. The maximum absolute atomic E-state index is 3.78. The standard InChI is InChI=1S/C4H6N2.BrH.ClH/c1-6-3-2-5-4-6;;/h2-4H,1H3;2*1H. The van der Waals surface area contributed by atoms with Crippen LogP contribution >= 0.6 is 29.4 Å². The maximum Gasteiger partial charge on any atom is 0.0943 e. The summed E-state index contributed by atoms with van der Waals surface area (Å²) >= 11 is 0. The smallest absolute Gasteiger partial charge is 0.0943 e. The van der Waals surface area contributed by atoms with Crippen LogP contribution in [0.1, 0.15) is 0 Å². The molecule has 8 heavy (non-hydrogen) atoms. The number of aromatic nitrogens is 2. The van der Waals surface area contributed by atoms with Crippen molar-refractivity contribution in [3.63, 3.8) is 0 Å². The first kappa shape index (κ1) is 10.9. The van der Waals surface area contributed by atoms with Crippen molar-refractivity contribution in [2.24, 2.45) is 7.05 Å². The number of imidazole rings is 1. The summed E-state index contributed by atoms with van der Waals surface area (Å²) in [7, 11) is 1.94. The van der Waals surface area contributed by atoms with Crippen molar-refractivity contribution in [1.29, 1.82) is 0 Å². The summed E-state index contributed by atoms with van der Waals surface area (Å²) < 4.78 is 1.89. The summed E-state index contributed by atoms with van der Waals surface area (Å²) in [5.41, 5.74) is 0. The number of rotatable bonds is 0. The number of hydrogen-bond donors (Lipinski definition) is 0.